The van der Waals surface area contributed by atoms with Gasteiger partial charge in [0.25, 0.3) is 0 Å². The van der Waals surface area contributed by atoms with Gasteiger partial charge in [0.2, 0.25) is 12.1 Å². The minimum absolute atomic E-state index is 0.0154. The lowest BCUT2D eigenvalue weighted by Crippen LogP contribution is -2.63. The average Bonchev–Trinajstić information content (AvgIpc) is 2.98. The topological polar surface area (TPSA) is 196 Å². The molecule has 0 aromatic heterocycles. The summed E-state index contributed by atoms with van der Waals surface area (Å²) in [6, 6.07) is 0. The molecule has 0 aromatic rings. The highest BCUT2D eigenvalue weighted by atomic mass is 16.8. The molecule has 30 heavy (non-hydrogen) atoms. The highest BCUT2D eigenvalue weighted by molar-refractivity contribution is 5.70. The number of hydrogen-bond acceptors (Lipinski definition) is 12. The molecule has 0 aromatic carbocycles. The molecule has 0 saturated carbocycles. The van der Waals surface area contributed by atoms with E-state index in [2.05, 4.69) is 0 Å². The molecule has 2 aliphatic rings. The molecule has 12 nitrogen and oxygen atoms in total. The SMILES string of the molecule is CCC(C)CC(=O)O[C@H]1[C@@H](O[C@]2(CO)O[C@H](CO)[C@@H](O)[C@@H]2O)O[C@H](CO)[C@@H](O)[C@@H]1O. The van der Waals surface area contributed by atoms with Crippen molar-refractivity contribution in [1.82, 2.24) is 0 Å². The molecule has 0 amide bonds. The molecule has 2 heterocycles. The molecule has 12 heteroatoms. The van der Waals surface area contributed by atoms with Gasteiger partial charge >= 0.3 is 5.97 Å². The van der Waals surface area contributed by atoms with Crippen LogP contribution in [0.3, 0.4) is 0 Å². The van der Waals surface area contributed by atoms with Crippen LogP contribution in [0.1, 0.15) is 26.7 Å². The summed E-state index contributed by atoms with van der Waals surface area (Å²) in [5, 5.41) is 69.4. The zero-order valence-corrected chi connectivity index (χ0v) is 16.9. The summed E-state index contributed by atoms with van der Waals surface area (Å²) in [5.41, 5.74) is 0. The van der Waals surface area contributed by atoms with Gasteiger partial charge < -0.3 is 54.7 Å². The van der Waals surface area contributed by atoms with Crippen LogP contribution in [0.4, 0.5) is 0 Å². The van der Waals surface area contributed by atoms with Gasteiger partial charge in [0.05, 0.1) is 13.2 Å². The number of aliphatic hydroxyl groups excluding tert-OH is 7. The van der Waals surface area contributed by atoms with Crippen molar-refractivity contribution in [3.05, 3.63) is 0 Å². The highest BCUT2D eigenvalue weighted by Gasteiger charge is 2.59. The minimum atomic E-state index is -2.28. The van der Waals surface area contributed by atoms with E-state index in [1.807, 2.05) is 13.8 Å². The van der Waals surface area contributed by atoms with Crippen molar-refractivity contribution in [3.63, 3.8) is 0 Å². The lowest BCUT2D eigenvalue weighted by Gasteiger charge is -2.44. The predicted octanol–water partition coefficient (Wildman–Crippen LogP) is -3.41. The van der Waals surface area contributed by atoms with Crippen LogP contribution in [-0.2, 0) is 23.7 Å². The Hall–Kier alpha value is -0.930. The second kappa shape index (κ2) is 10.6. The van der Waals surface area contributed by atoms with Crippen LogP contribution < -0.4 is 0 Å². The van der Waals surface area contributed by atoms with E-state index in [9.17, 15) is 40.5 Å². The summed E-state index contributed by atoms with van der Waals surface area (Å²) in [7, 11) is 0. The highest BCUT2D eigenvalue weighted by Crippen LogP contribution is 2.36. The Balaban J connectivity index is 2.26. The van der Waals surface area contributed by atoms with E-state index in [1.54, 1.807) is 0 Å². The van der Waals surface area contributed by atoms with E-state index >= 15 is 0 Å². The van der Waals surface area contributed by atoms with Gasteiger partial charge in [-0.1, -0.05) is 20.3 Å². The summed E-state index contributed by atoms with van der Waals surface area (Å²) in [5.74, 6) is -3.00. The molecule has 2 saturated heterocycles. The second-order valence-corrected chi connectivity index (χ2v) is 7.74. The molecule has 176 valence electrons. The quantitative estimate of drug-likeness (QED) is 0.176. The predicted molar refractivity (Wildman–Crippen MR) is 96.6 cm³/mol. The Morgan fingerprint density at radius 3 is 2.17 bits per heavy atom. The third-order valence-electron chi connectivity index (χ3n) is 5.53. The van der Waals surface area contributed by atoms with Crippen LogP contribution in [0.25, 0.3) is 0 Å². The van der Waals surface area contributed by atoms with Gasteiger partial charge in [0.15, 0.2) is 6.10 Å². The van der Waals surface area contributed by atoms with Crippen molar-refractivity contribution in [2.75, 3.05) is 19.8 Å². The zero-order chi connectivity index (χ0) is 22.6. The van der Waals surface area contributed by atoms with Crippen LogP contribution in [0.2, 0.25) is 0 Å². The van der Waals surface area contributed by atoms with E-state index in [-0.39, 0.29) is 12.3 Å². The summed E-state index contributed by atoms with van der Waals surface area (Å²) in [6.07, 6.45) is -12.0. The lowest BCUT2D eigenvalue weighted by molar-refractivity contribution is -0.384. The smallest absolute Gasteiger partial charge is 0.306 e. The molecule has 0 bridgehead atoms. The van der Waals surface area contributed by atoms with Gasteiger partial charge in [0.1, 0.15) is 43.2 Å². The number of aliphatic hydroxyl groups is 7. The minimum Gasteiger partial charge on any atom is -0.454 e. The molecule has 2 rings (SSSR count). The third kappa shape index (κ3) is 5.10. The maximum Gasteiger partial charge on any atom is 0.306 e. The van der Waals surface area contributed by atoms with Crippen molar-refractivity contribution in [3.8, 4) is 0 Å². The standard InChI is InChI=1S/C18H32O12/c1-3-8(2)4-11(22)28-15-14(25)12(23)9(5-19)27-17(15)30-18(7-21)16(26)13(24)10(6-20)29-18/h8-10,12-17,19-21,23-26H,3-7H2,1-2H3/t8?,9-,10-,12-,13-,14+,15-,16+,17-,18+/m1/s1. The molecule has 1 unspecified atom stereocenters. The molecule has 7 N–H and O–H groups in total. The normalized spacial score (nSPS) is 42.8. The molecule has 10 atom stereocenters. The Morgan fingerprint density at radius 2 is 1.67 bits per heavy atom. The zero-order valence-electron chi connectivity index (χ0n) is 16.9. The van der Waals surface area contributed by atoms with E-state index in [0.29, 0.717) is 6.42 Å². The Labute approximate surface area is 173 Å². The van der Waals surface area contributed by atoms with Crippen LogP contribution in [0.15, 0.2) is 0 Å². The van der Waals surface area contributed by atoms with Crippen LogP contribution in [0.5, 0.6) is 0 Å². The van der Waals surface area contributed by atoms with Gasteiger partial charge in [0, 0.05) is 6.42 Å². The first-order valence-electron chi connectivity index (χ1n) is 9.89. The monoisotopic (exact) mass is 440 g/mol. The van der Waals surface area contributed by atoms with Crippen molar-refractivity contribution < 1.29 is 59.5 Å². The van der Waals surface area contributed by atoms with Crippen molar-refractivity contribution >= 4 is 5.97 Å². The van der Waals surface area contributed by atoms with Crippen LogP contribution >= 0.6 is 0 Å². The van der Waals surface area contributed by atoms with E-state index in [4.69, 9.17) is 18.9 Å². The van der Waals surface area contributed by atoms with Crippen LogP contribution in [-0.4, -0.2) is 116 Å². The first-order chi connectivity index (χ1) is 14.1. The molecule has 2 aliphatic heterocycles. The number of ether oxygens (including phenoxy) is 4. The van der Waals surface area contributed by atoms with Gasteiger partial charge in [-0.15, -0.1) is 0 Å². The largest absolute Gasteiger partial charge is 0.454 e. The fraction of sp³-hybridized carbons (Fsp3) is 0.944. The summed E-state index contributed by atoms with van der Waals surface area (Å²) >= 11 is 0. The summed E-state index contributed by atoms with van der Waals surface area (Å²) in [4.78, 5) is 12.3. The molecule has 0 radical (unpaired) electrons. The molecular weight excluding hydrogens is 408 g/mol. The van der Waals surface area contributed by atoms with E-state index < -0.39 is 80.6 Å². The Bertz CT molecular complexity index is 561. The maximum absolute atomic E-state index is 12.3. The fourth-order valence-corrected chi connectivity index (χ4v) is 3.37. The average molecular weight is 440 g/mol. The first-order valence-corrected chi connectivity index (χ1v) is 9.89. The molecule has 2 fully saturated rings. The fourth-order valence-electron chi connectivity index (χ4n) is 3.37. The van der Waals surface area contributed by atoms with E-state index in [0.717, 1.165) is 0 Å². The van der Waals surface area contributed by atoms with Gasteiger partial charge in [-0.25, -0.2) is 0 Å². The van der Waals surface area contributed by atoms with Crippen molar-refractivity contribution in [1.29, 1.82) is 0 Å². The van der Waals surface area contributed by atoms with Gasteiger partial charge in [-0.3, -0.25) is 4.79 Å². The Morgan fingerprint density at radius 1 is 1.03 bits per heavy atom. The number of carbonyl (C=O) groups excluding carboxylic acids is 1. The summed E-state index contributed by atoms with van der Waals surface area (Å²) < 4.78 is 21.5. The van der Waals surface area contributed by atoms with Gasteiger partial charge in [-0.05, 0) is 5.92 Å². The number of esters is 1. The number of carbonyl (C=O) groups is 1. The van der Waals surface area contributed by atoms with E-state index in [1.165, 1.54) is 0 Å². The second-order valence-electron chi connectivity index (χ2n) is 7.74. The summed E-state index contributed by atoms with van der Waals surface area (Å²) in [6.45, 7) is 1.30. The van der Waals surface area contributed by atoms with Crippen molar-refractivity contribution in [2.45, 2.75) is 81.5 Å². The maximum atomic E-state index is 12.3. The molecule has 0 spiro atoms. The van der Waals surface area contributed by atoms with Crippen molar-refractivity contribution in [2.24, 2.45) is 5.92 Å². The number of rotatable bonds is 9. The number of hydrogen-bond donors (Lipinski definition) is 7. The first kappa shape index (κ1) is 25.3. The molecular formula is C18H32O12. The molecule has 0 aliphatic carbocycles. The van der Waals surface area contributed by atoms with Gasteiger partial charge in [-0.2, -0.15) is 0 Å². The Kier molecular flexibility index (Phi) is 8.94. The third-order valence-corrected chi connectivity index (χ3v) is 5.53. The van der Waals surface area contributed by atoms with Crippen LogP contribution in [0, 0.1) is 5.92 Å². The lowest BCUT2D eigenvalue weighted by atomic mass is 9.98.